The third-order valence-electron chi connectivity index (χ3n) is 6.74. The molecule has 0 N–H and O–H groups in total. The van der Waals surface area contributed by atoms with Crippen LogP contribution in [0.1, 0.15) is 17.5 Å². The first-order valence-corrected chi connectivity index (χ1v) is 15.0. The molecule has 0 aliphatic carbocycles. The quantitative estimate of drug-likeness (QED) is 0.393. The highest BCUT2D eigenvalue weighted by molar-refractivity contribution is 7.98. The Hall–Kier alpha value is -1.95. The van der Waals surface area contributed by atoms with Crippen LogP contribution in [0, 0.1) is 6.92 Å². The van der Waals surface area contributed by atoms with Crippen molar-refractivity contribution >= 4 is 32.8 Å². The summed E-state index contributed by atoms with van der Waals surface area (Å²) in [6, 6.07) is 13.9. The van der Waals surface area contributed by atoms with E-state index in [2.05, 4.69) is 40.7 Å². The predicted octanol–water partition coefficient (Wildman–Crippen LogP) is 3.38. The molecule has 2 aliphatic rings. The van der Waals surface area contributed by atoms with Gasteiger partial charge in [-0.1, -0.05) is 41.6 Å². The number of hydrogen-bond acceptors (Lipinski definition) is 7. The number of fused-ring (bicyclic) bond motifs is 1. The molecule has 0 radical (unpaired) electrons. The highest BCUT2D eigenvalue weighted by Gasteiger charge is 2.27. The lowest BCUT2D eigenvalue weighted by Crippen LogP contribution is -2.40. The normalized spacial score (nSPS) is 18.1. The van der Waals surface area contributed by atoms with E-state index in [1.54, 1.807) is 23.9 Å². The van der Waals surface area contributed by atoms with E-state index in [4.69, 9.17) is 14.5 Å². The van der Waals surface area contributed by atoms with Crippen molar-refractivity contribution < 1.29 is 17.9 Å². The Kier molecular flexibility index (Phi) is 8.29. The van der Waals surface area contributed by atoms with E-state index >= 15 is 0 Å². The van der Waals surface area contributed by atoms with Gasteiger partial charge in [0.05, 0.1) is 42.4 Å². The number of morpholine rings is 2. The van der Waals surface area contributed by atoms with Crippen molar-refractivity contribution in [1.29, 1.82) is 0 Å². The number of imidazole rings is 1. The summed E-state index contributed by atoms with van der Waals surface area (Å²) in [5.41, 5.74) is 4.19. The molecule has 8 nitrogen and oxygen atoms in total. The maximum atomic E-state index is 13.2. The van der Waals surface area contributed by atoms with Crippen molar-refractivity contribution in [2.45, 2.75) is 35.7 Å². The molecule has 2 aliphatic heterocycles. The van der Waals surface area contributed by atoms with Gasteiger partial charge in [-0.15, -0.1) is 0 Å². The van der Waals surface area contributed by atoms with Gasteiger partial charge in [0.2, 0.25) is 10.0 Å². The Bertz CT molecular complexity index is 1270. The van der Waals surface area contributed by atoms with Gasteiger partial charge in [0.25, 0.3) is 0 Å². The average molecular weight is 531 g/mol. The van der Waals surface area contributed by atoms with E-state index < -0.39 is 10.0 Å². The third kappa shape index (κ3) is 5.95. The predicted molar refractivity (Wildman–Crippen MR) is 142 cm³/mol. The summed E-state index contributed by atoms with van der Waals surface area (Å²) in [5, 5.41) is 0.925. The highest BCUT2D eigenvalue weighted by atomic mass is 32.2. The fraction of sp³-hybridized carbons (Fsp3) is 0.500. The van der Waals surface area contributed by atoms with Gasteiger partial charge in [0, 0.05) is 45.0 Å². The second kappa shape index (κ2) is 11.6. The highest BCUT2D eigenvalue weighted by Crippen LogP contribution is 2.30. The zero-order valence-electron chi connectivity index (χ0n) is 20.8. The molecular formula is C26H34N4O4S2. The summed E-state index contributed by atoms with van der Waals surface area (Å²) in [5.74, 6) is 0.812. The maximum absolute atomic E-state index is 13.2. The fourth-order valence-electron chi connectivity index (χ4n) is 4.62. The molecule has 0 spiro atoms. The molecule has 2 saturated heterocycles. The molecule has 0 saturated carbocycles. The van der Waals surface area contributed by atoms with Crippen LogP contribution < -0.4 is 0 Å². The molecule has 0 atom stereocenters. The van der Waals surface area contributed by atoms with Crippen molar-refractivity contribution in [3.05, 3.63) is 53.6 Å². The van der Waals surface area contributed by atoms with Crippen LogP contribution in [0.5, 0.6) is 0 Å². The molecule has 5 rings (SSSR count). The fourth-order valence-corrected chi connectivity index (χ4v) is 7.04. The minimum absolute atomic E-state index is 0.296. The summed E-state index contributed by atoms with van der Waals surface area (Å²) in [4.78, 5) is 7.65. The van der Waals surface area contributed by atoms with Gasteiger partial charge in [-0.3, -0.25) is 4.90 Å². The number of aromatic nitrogens is 2. The molecule has 194 valence electrons. The first-order chi connectivity index (χ1) is 17.5. The van der Waals surface area contributed by atoms with Crippen LogP contribution in [0.25, 0.3) is 11.0 Å². The zero-order chi connectivity index (χ0) is 25.0. The lowest BCUT2D eigenvalue weighted by molar-refractivity contribution is 0.0369. The van der Waals surface area contributed by atoms with E-state index in [1.807, 2.05) is 6.07 Å². The second-order valence-corrected chi connectivity index (χ2v) is 12.2. The van der Waals surface area contributed by atoms with Crippen molar-refractivity contribution in [1.82, 2.24) is 18.8 Å². The summed E-state index contributed by atoms with van der Waals surface area (Å²) in [6.45, 7) is 9.10. The van der Waals surface area contributed by atoms with E-state index in [0.29, 0.717) is 31.2 Å². The van der Waals surface area contributed by atoms with Gasteiger partial charge in [-0.05, 0) is 37.1 Å². The Morgan fingerprint density at radius 3 is 2.33 bits per heavy atom. The van der Waals surface area contributed by atoms with Crippen molar-refractivity contribution in [2.75, 3.05) is 59.2 Å². The van der Waals surface area contributed by atoms with Crippen LogP contribution in [0.2, 0.25) is 0 Å². The molecule has 0 amide bonds. The Morgan fingerprint density at radius 1 is 0.917 bits per heavy atom. The first-order valence-electron chi connectivity index (χ1n) is 12.6. The Balaban J connectivity index is 1.39. The van der Waals surface area contributed by atoms with Gasteiger partial charge >= 0.3 is 0 Å². The van der Waals surface area contributed by atoms with E-state index in [-0.39, 0.29) is 0 Å². The minimum atomic E-state index is -3.57. The van der Waals surface area contributed by atoms with Crippen molar-refractivity contribution in [2.24, 2.45) is 0 Å². The molecule has 0 bridgehead atoms. The molecule has 0 unspecified atom stereocenters. The lowest BCUT2D eigenvalue weighted by atomic mass is 10.2. The van der Waals surface area contributed by atoms with E-state index in [9.17, 15) is 8.42 Å². The summed E-state index contributed by atoms with van der Waals surface area (Å²) >= 11 is 1.70. The maximum Gasteiger partial charge on any atom is 0.243 e. The first kappa shape index (κ1) is 25.7. The minimum Gasteiger partial charge on any atom is -0.379 e. The largest absolute Gasteiger partial charge is 0.379 e. The standard InChI is InChI=1S/C26H34N4O4S2/c1-21-3-5-22(6-4-21)20-35-26-27-24-19-23(36(31,32)29-13-17-34-18-14-29)7-8-25(24)30(26)10-2-9-28-11-15-33-16-12-28/h3-8,19H,2,9-18,20H2,1H3. The zero-order valence-corrected chi connectivity index (χ0v) is 22.4. The Labute approximate surface area is 217 Å². The molecule has 3 heterocycles. The van der Waals surface area contributed by atoms with Gasteiger partial charge in [-0.2, -0.15) is 4.31 Å². The van der Waals surface area contributed by atoms with Gasteiger partial charge in [-0.25, -0.2) is 13.4 Å². The third-order valence-corrected chi connectivity index (χ3v) is 9.68. The number of thioether (sulfide) groups is 1. The number of nitrogens with zero attached hydrogens (tertiary/aromatic N) is 4. The number of hydrogen-bond donors (Lipinski definition) is 0. The average Bonchev–Trinajstić information content (AvgIpc) is 3.26. The van der Waals surface area contributed by atoms with Crippen LogP contribution >= 0.6 is 11.8 Å². The molecular weight excluding hydrogens is 496 g/mol. The van der Waals surface area contributed by atoms with Crippen LogP contribution in [0.3, 0.4) is 0 Å². The summed E-state index contributed by atoms with van der Waals surface area (Å²) in [7, 11) is -3.57. The van der Waals surface area contributed by atoms with E-state index in [0.717, 1.165) is 67.8 Å². The Morgan fingerprint density at radius 2 is 1.61 bits per heavy atom. The summed E-state index contributed by atoms with van der Waals surface area (Å²) in [6.07, 6.45) is 0.997. The number of rotatable bonds is 9. The lowest BCUT2D eigenvalue weighted by Gasteiger charge is -2.26. The van der Waals surface area contributed by atoms with Crippen molar-refractivity contribution in [3.8, 4) is 0 Å². The SMILES string of the molecule is Cc1ccc(CSc2nc3cc(S(=O)(=O)N4CCOCC4)ccc3n2CCCN2CCOCC2)cc1. The second-order valence-electron chi connectivity index (χ2n) is 9.29. The van der Waals surface area contributed by atoms with Crippen molar-refractivity contribution in [3.63, 3.8) is 0 Å². The van der Waals surface area contributed by atoms with Gasteiger partial charge in [0.15, 0.2) is 5.16 Å². The number of ether oxygens (including phenoxy) is 2. The molecule has 2 fully saturated rings. The number of benzene rings is 2. The van der Waals surface area contributed by atoms with E-state index in [1.165, 1.54) is 15.4 Å². The van der Waals surface area contributed by atoms with Crippen LogP contribution in [-0.2, 0) is 31.8 Å². The monoisotopic (exact) mass is 530 g/mol. The molecule has 36 heavy (non-hydrogen) atoms. The number of sulfonamides is 1. The number of aryl methyl sites for hydroxylation is 2. The molecule has 10 heteroatoms. The molecule has 3 aromatic rings. The topological polar surface area (TPSA) is 76.9 Å². The van der Waals surface area contributed by atoms with Gasteiger partial charge in [0.1, 0.15) is 0 Å². The molecule has 1 aromatic heterocycles. The molecule has 2 aromatic carbocycles. The van der Waals surface area contributed by atoms with Crippen LogP contribution in [0.4, 0.5) is 0 Å². The van der Waals surface area contributed by atoms with Crippen LogP contribution in [0.15, 0.2) is 52.5 Å². The smallest absolute Gasteiger partial charge is 0.243 e. The van der Waals surface area contributed by atoms with Crippen LogP contribution in [-0.4, -0.2) is 86.3 Å². The van der Waals surface area contributed by atoms with Gasteiger partial charge < -0.3 is 14.0 Å². The summed E-state index contributed by atoms with van der Waals surface area (Å²) < 4.78 is 41.0.